The Labute approximate surface area is 203 Å². The Morgan fingerprint density at radius 1 is 1.15 bits per heavy atom. The fourth-order valence-electron chi connectivity index (χ4n) is 3.40. The highest BCUT2D eigenvalue weighted by molar-refractivity contribution is 7.94. The van der Waals surface area contributed by atoms with Crippen LogP contribution in [0.5, 0.6) is 0 Å². The maximum absolute atomic E-state index is 13.0. The van der Waals surface area contributed by atoms with Crippen LogP contribution in [-0.2, 0) is 27.6 Å². The summed E-state index contributed by atoms with van der Waals surface area (Å²) in [4.78, 5) is 26.0. The number of thiophene rings is 1. The van der Waals surface area contributed by atoms with E-state index in [4.69, 9.17) is 16.3 Å². The summed E-state index contributed by atoms with van der Waals surface area (Å²) in [5, 5.41) is 10.4. The first-order valence-electron chi connectivity index (χ1n) is 10.0. The molecular formula is C20H19ClN4O5S3. The predicted molar refractivity (Wildman–Crippen MR) is 127 cm³/mol. The number of hydrogen-bond donors (Lipinski definition) is 2. The molecule has 1 amide bonds. The molecule has 1 aliphatic rings. The lowest BCUT2D eigenvalue weighted by atomic mass is 9.95. The van der Waals surface area contributed by atoms with Crippen molar-refractivity contribution < 1.29 is 22.7 Å². The standard InChI is InChI=1S/C20H19ClN4O5S3/c1-2-30-18(27)15-12-8-4-6-10-14(12)31-17(15)25-33(28,29)20-24-23-19(32-20)22-16(26)11-7-3-5-9-13(11)21/h3,5,7,9,25H,2,4,6,8,10H2,1H3,(H,22,23,26). The minimum atomic E-state index is -4.15. The SMILES string of the molecule is CCOC(=O)c1c(NS(=O)(=O)c2nnc(NC(=O)c3ccccc3Cl)s2)sc2c1CCCC2. The number of benzene rings is 1. The number of anilines is 2. The highest BCUT2D eigenvalue weighted by Crippen LogP contribution is 2.39. The first-order chi connectivity index (χ1) is 15.8. The second-order valence-electron chi connectivity index (χ2n) is 7.05. The van der Waals surface area contributed by atoms with Gasteiger partial charge in [-0.3, -0.25) is 14.8 Å². The zero-order chi connectivity index (χ0) is 23.6. The van der Waals surface area contributed by atoms with Gasteiger partial charge in [0, 0.05) is 4.88 Å². The summed E-state index contributed by atoms with van der Waals surface area (Å²) in [7, 11) is -4.15. The molecule has 2 heterocycles. The number of esters is 1. The lowest BCUT2D eigenvalue weighted by Crippen LogP contribution is -2.16. The Bertz CT molecular complexity index is 1320. The largest absolute Gasteiger partial charge is 0.462 e. The van der Waals surface area contributed by atoms with Crippen LogP contribution in [0.4, 0.5) is 10.1 Å². The van der Waals surface area contributed by atoms with Gasteiger partial charge in [0.15, 0.2) is 0 Å². The Hall–Kier alpha value is -2.54. The van der Waals surface area contributed by atoms with E-state index in [1.54, 1.807) is 25.1 Å². The van der Waals surface area contributed by atoms with Crippen molar-refractivity contribution in [2.75, 3.05) is 16.6 Å². The summed E-state index contributed by atoms with van der Waals surface area (Å²) >= 11 is 7.95. The molecule has 1 aliphatic carbocycles. The number of sulfonamides is 1. The fourth-order valence-corrected chi connectivity index (χ4v) is 7.10. The summed E-state index contributed by atoms with van der Waals surface area (Å²) in [6.45, 7) is 1.88. The van der Waals surface area contributed by atoms with Crippen LogP contribution in [0.3, 0.4) is 0 Å². The zero-order valence-corrected chi connectivity index (χ0v) is 20.6. The highest BCUT2D eigenvalue weighted by atomic mass is 35.5. The van der Waals surface area contributed by atoms with E-state index in [2.05, 4.69) is 20.2 Å². The molecule has 0 saturated carbocycles. The number of rotatable bonds is 7. The van der Waals surface area contributed by atoms with Gasteiger partial charge in [-0.15, -0.1) is 21.5 Å². The first kappa shape index (κ1) is 23.6. The minimum Gasteiger partial charge on any atom is -0.462 e. The molecule has 33 heavy (non-hydrogen) atoms. The molecule has 0 unspecified atom stereocenters. The summed E-state index contributed by atoms with van der Waals surface area (Å²) in [5.41, 5.74) is 1.32. The van der Waals surface area contributed by atoms with Crippen molar-refractivity contribution >= 4 is 66.3 Å². The molecule has 0 bridgehead atoms. The number of nitrogens with zero attached hydrogens (tertiary/aromatic N) is 2. The van der Waals surface area contributed by atoms with Gasteiger partial charge >= 0.3 is 5.97 Å². The molecular weight excluding hydrogens is 508 g/mol. The van der Waals surface area contributed by atoms with Crippen LogP contribution in [0.15, 0.2) is 28.6 Å². The van der Waals surface area contributed by atoms with Crippen molar-refractivity contribution in [3.8, 4) is 0 Å². The third kappa shape index (κ3) is 5.03. The minimum absolute atomic E-state index is 0.00335. The number of halogens is 1. The maximum Gasteiger partial charge on any atom is 0.341 e. The third-order valence-electron chi connectivity index (χ3n) is 4.85. The molecule has 3 aromatic rings. The second kappa shape index (κ2) is 9.75. The summed E-state index contributed by atoms with van der Waals surface area (Å²) in [6, 6.07) is 6.45. The van der Waals surface area contributed by atoms with Crippen LogP contribution in [-0.4, -0.2) is 37.1 Å². The average molecular weight is 527 g/mol. The van der Waals surface area contributed by atoms with E-state index in [1.807, 2.05) is 0 Å². The van der Waals surface area contributed by atoms with E-state index in [-0.39, 0.29) is 37.2 Å². The Balaban J connectivity index is 1.57. The van der Waals surface area contributed by atoms with Crippen molar-refractivity contribution in [1.29, 1.82) is 0 Å². The number of ether oxygens (including phenoxy) is 1. The molecule has 1 aromatic carbocycles. The Morgan fingerprint density at radius 2 is 1.91 bits per heavy atom. The van der Waals surface area contributed by atoms with Crippen LogP contribution in [0, 0.1) is 0 Å². The molecule has 13 heteroatoms. The van der Waals surface area contributed by atoms with E-state index in [1.165, 1.54) is 17.4 Å². The number of carbonyl (C=O) groups excluding carboxylic acids is 2. The van der Waals surface area contributed by atoms with E-state index < -0.39 is 21.9 Å². The van der Waals surface area contributed by atoms with Crippen LogP contribution in [0.1, 0.15) is 50.9 Å². The van der Waals surface area contributed by atoms with Crippen molar-refractivity contribution in [2.45, 2.75) is 36.9 Å². The van der Waals surface area contributed by atoms with Crippen LogP contribution in [0.25, 0.3) is 0 Å². The van der Waals surface area contributed by atoms with Crippen molar-refractivity contribution in [1.82, 2.24) is 10.2 Å². The lowest BCUT2D eigenvalue weighted by molar-refractivity contribution is 0.0526. The van der Waals surface area contributed by atoms with E-state index >= 15 is 0 Å². The van der Waals surface area contributed by atoms with E-state index in [9.17, 15) is 18.0 Å². The third-order valence-corrected chi connectivity index (χ3v) is 9.08. The summed E-state index contributed by atoms with van der Waals surface area (Å²) < 4.78 is 33.3. The van der Waals surface area contributed by atoms with Gasteiger partial charge in [-0.1, -0.05) is 35.1 Å². The van der Waals surface area contributed by atoms with Gasteiger partial charge in [0.2, 0.25) is 5.13 Å². The molecule has 4 rings (SSSR count). The summed E-state index contributed by atoms with van der Waals surface area (Å²) in [5.74, 6) is -1.09. The normalized spacial score (nSPS) is 13.3. The molecule has 0 radical (unpaired) electrons. The van der Waals surface area contributed by atoms with Gasteiger partial charge in [-0.05, 0) is 50.3 Å². The van der Waals surface area contributed by atoms with Crippen LogP contribution >= 0.6 is 34.3 Å². The smallest absolute Gasteiger partial charge is 0.341 e. The number of aryl methyl sites for hydroxylation is 1. The summed E-state index contributed by atoms with van der Waals surface area (Å²) in [6.07, 6.45) is 3.38. The predicted octanol–water partition coefficient (Wildman–Crippen LogP) is 4.36. The fraction of sp³-hybridized carbons (Fsp3) is 0.300. The molecule has 174 valence electrons. The average Bonchev–Trinajstić information content (AvgIpc) is 3.38. The van der Waals surface area contributed by atoms with Crippen LogP contribution in [0.2, 0.25) is 5.02 Å². The number of nitrogens with one attached hydrogen (secondary N) is 2. The van der Waals surface area contributed by atoms with Gasteiger partial charge in [-0.2, -0.15) is 8.42 Å². The maximum atomic E-state index is 13.0. The molecule has 0 fully saturated rings. The lowest BCUT2D eigenvalue weighted by Gasteiger charge is -2.12. The van der Waals surface area contributed by atoms with Gasteiger partial charge in [0.25, 0.3) is 20.3 Å². The second-order valence-corrected chi connectivity index (χ2v) is 11.4. The van der Waals surface area contributed by atoms with Crippen molar-refractivity contribution in [2.24, 2.45) is 0 Å². The highest BCUT2D eigenvalue weighted by Gasteiger charge is 2.30. The topological polar surface area (TPSA) is 127 Å². The number of amides is 1. The van der Waals surface area contributed by atoms with Crippen molar-refractivity contribution in [3.05, 3.63) is 50.9 Å². The zero-order valence-electron chi connectivity index (χ0n) is 17.4. The van der Waals surface area contributed by atoms with E-state index in [0.717, 1.165) is 29.7 Å². The van der Waals surface area contributed by atoms with Gasteiger partial charge in [0.05, 0.1) is 22.8 Å². The quantitative estimate of drug-likeness (QED) is 0.346. The number of hydrogen-bond acceptors (Lipinski definition) is 9. The molecule has 0 atom stereocenters. The van der Waals surface area contributed by atoms with Gasteiger partial charge in [-0.25, -0.2) is 4.79 Å². The number of fused-ring (bicyclic) bond motifs is 1. The van der Waals surface area contributed by atoms with Gasteiger partial charge in [0.1, 0.15) is 5.00 Å². The monoisotopic (exact) mass is 526 g/mol. The number of carbonyl (C=O) groups is 2. The van der Waals surface area contributed by atoms with Gasteiger partial charge < -0.3 is 4.74 Å². The Morgan fingerprint density at radius 3 is 2.67 bits per heavy atom. The van der Waals surface area contributed by atoms with Crippen molar-refractivity contribution in [3.63, 3.8) is 0 Å². The van der Waals surface area contributed by atoms with Crippen LogP contribution < -0.4 is 10.0 Å². The molecule has 2 aromatic heterocycles. The number of aromatic nitrogens is 2. The first-order valence-corrected chi connectivity index (χ1v) is 13.5. The molecule has 0 spiro atoms. The molecule has 0 saturated heterocycles. The molecule has 2 N–H and O–H groups in total. The van der Waals surface area contributed by atoms with E-state index in [0.29, 0.717) is 17.8 Å². The molecule has 9 nitrogen and oxygen atoms in total. The molecule has 0 aliphatic heterocycles. The Kier molecular flexibility index (Phi) is 6.98.